The third-order valence-electron chi connectivity index (χ3n) is 1.69. The number of hydrogen-bond acceptors (Lipinski definition) is 5. The lowest BCUT2D eigenvalue weighted by Gasteiger charge is -2.03. The van der Waals surface area contributed by atoms with Gasteiger partial charge in [0.1, 0.15) is 15.6 Å². The molecule has 0 atom stereocenters. The Morgan fingerprint density at radius 2 is 2.29 bits per heavy atom. The van der Waals surface area contributed by atoms with Crippen LogP contribution in [0.3, 0.4) is 0 Å². The number of rotatable bonds is 5. The highest BCUT2D eigenvalue weighted by Gasteiger charge is 2.13. The molecule has 0 unspecified atom stereocenters. The number of carbonyl (C=O) groups is 1. The van der Waals surface area contributed by atoms with Crippen molar-refractivity contribution in [1.82, 2.24) is 5.32 Å². The summed E-state index contributed by atoms with van der Waals surface area (Å²) in [4.78, 5) is 10.6. The lowest BCUT2D eigenvalue weighted by Crippen LogP contribution is -2.24. The number of esters is 1. The predicted molar refractivity (Wildman–Crippen MR) is 51.4 cm³/mol. The highest BCUT2D eigenvalue weighted by Crippen LogP contribution is 2.08. The molecule has 0 spiro atoms. The highest BCUT2D eigenvalue weighted by atomic mass is 32.2. The van der Waals surface area contributed by atoms with Crippen molar-refractivity contribution in [1.29, 1.82) is 0 Å². The largest absolute Gasteiger partial charge is 0.430 e. The minimum atomic E-state index is -2.92. The van der Waals surface area contributed by atoms with Gasteiger partial charge in [-0.15, -0.1) is 0 Å². The number of hydrogen-bond donors (Lipinski definition) is 1. The lowest BCUT2D eigenvalue weighted by atomic mass is 10.4. The first-order chi connectivity index (χ1) is 6.47. The van der Waals surface area contributed by atoms with Crippen LogP contribution in [0.25, 0.3) is 0 Å². The summed E-state index contributed by atoms with van der Waals surface area (Å²) in [5, 5.41) is 2.88. The molecule has 1 N–H and O–H groups in total. The van der Waals surface area contributed by atoms with Crippen molar-refractivity contribution < 1.29 is 17.9 Å². The van der Waals surface area contributed by atoms with Crippen LogP contribution in [0.5, 0.6) is 0 Å². The molecule has 1 heterocycles. The Bertz CT molecular complexity index is 344. The monoisotopic (exact) mass is 219 g/mol. The highest BCUT2D eigenvalue weighted by molar-refractivity contribution is 7.90. The molecule has 5 nitrogen and oxygen atoms in total. The SMILES string of the molecule is CS(=O)(=O)CCNCC1=CCC(=O)O1. The Balaban J connectivity index is 2.14. The molecule has 80 valence electrons. The van der Waals surface area contributed by atoms with E-state index in [1.165, 1.54) is 6.26 Å². The quantitative estimate of drug-likeness (QED) is 0.496. The van der Waals surface area contributed by atoms with Crippen molar-refractivity contribution in [2.24, 2.45) is 0 Å². The normalized spacial score (nSPS) is 16.6. The smallest absolute Gasteiger partial charge is 0.314 e. The number of sulfone groups is 1. The van der Waals surface area contributed by atoms with Crippen LogP contribution in [-0.4, -0.2) is 39.5 Å². The number of nitrogens with one attached hydrogen (secondary N) is 1. The van der Waals surface area contributed by atoms with Gasteiger partial charge >= 0.3 is 5.97 Å². The third kappa shape index (κ3) is 4.38. The molecule has 14 heavy (non-hydrogen) atoms. The number of cyclic esters (lactones) is 1. The average Bonchev–Trinajstić information content (AvgIpc) is 2.44. The maximum absolute atomic E-state index is 10.7. The van der Waals surface area contributed by atoms with E-state index in [0.29, 0.717) is 25.3 Å². The van der Waals surface area contributed by atoms with Gasteiger partial charge in [0, 0.05) is 12.8 Å². The molecule has 6 heteroatoms. The van der Waals surface area contributed by atoms with Gasteiger partial charge in [-0.25, -0.2) is 8.42 Å². The Morgan fingerprint density at radius 3 is 2.79 bits per heavy atom. The molecule has 0 saturated heterocycles. The minimum Gasteiger partial charge on any atom is -0.430 e. The Kier molecular flexibility index (Phi) is 3.65. The van der Waals surface area contributed by atoms with E-state index >= 15 is 0 Å². The molecule has 0 aromatic rings. The average molecular weight is 219 g/mol. The topological polar surface area (TPSA) is 72.5 Å². The second-order valence-electron chi connectivity index (χ2n) is 3.16. The zero-order chi connectivity index (χ0) is 10.6. The molecule has 0 fully saturated rings. The maximum atomic E-state index is 10.7. The molecule has 0 bridgehead atoms. The van der Waals surface area contributed by atoms with E-state index in [0.717, 1.165) is 0 Å². The Morgan fingerprint density at radius 1 is 1.57 bits per heavy atom. The van der Waals surface area contributed by atoms with Gasteiger partial charge in [0.25, 0.3) is 0 Å². The summed E-state index contributed by atoms with van der Waals surface area (Å²) >= 11 is 0. The summed E-state index contributed by atoms with van der Waals surface area (Å²) < 4.78 is 26.3. The summed E-state index contributed by atoms with van der Waals surface area (Å²) in [6, 6.07) is 0. The molecular weight excluding hydrogens is 206 g/mol. The van der Waals surface area contributed by atoms with Gasteiger partial charge in [-0.1, -0.05) is 0 Å². The number of ether oxygens (including phenoxy) is 1. The van der Waals surface area contributed by atoms with Crippen molar-refractivity contribution in [2.45, 2.75) is 6.42 Å². The van der Waals surface area contributed by atoms with Crippen molar-refractivity contribution >= 4 is 15.8 Å². The fourth-order valence-corrected chi connectivity index (χ4v) is 1.52. The van der Waals surface area contributed by atoms with E-state index in [1.54, 1.807) is 6.08 Å². The first-order valence-electron chi connectivity index (χ1n) is 4.25. The van der Waals surface area contributed by atoms with E-state index in [4.69, 9.17) is 4.74 Å². The van der Waals surface area contributed by atoms with Crippen molar-refractivity contribution in [3.05, 3.63) is 11.8 Å². The van der Waals surface area contributed by atoms with Crippen LogP contribution in [0.4, 0.5) is 0 Å². The first-order valence-corrected chi connectivity index (χ1v) is 6.31. The number of carbonyl (C=O) groups excluding carboxylic acids is 1. The third-order valence-corrected chi connectivity index (χ3v) is 2.64. The van der Waals surface area contributed by atoms with Gasteiger partial charge < -0.3 is 10.1 Å². The Hall–Kier alpha value is -0.880. The fraction of sp³-hybridized carbons (Fsp3) is 0.625. The molecule has 0 radical (unpaired) electrons. The first kappa shape index (κ1) is 11.2. The molecule has 1 aliphatic rings. The predicted octanol–water partition coefficient (Wildman–Crippen LogP) is -0.549. The van der Waals surface area contributed by atoms with Gasteiger partial charge in [0.05, 0.1) is 18.7 Å². The zero-order valence-corrected chi connectivity index (χ0v) is 8.76. The standard InChI is InChI=1S/C8H13NO4S/c1-14(11,12)5-4-9-6-7-2-3-8(10)13-7/h2,9H,3-6H2,1H3. The minimum absolute atomic E-state index is 0.0915. The summed E-state index contributed by atoms with van der Waals surface area (Å²) in [5.74, 6) is 0.405. The molecular formula is C8H13NO4S. The molecule has 0 aliphatic carbocycles. The Labute approximate surface area is 83.0 Å². The van der Waals surface area contributed by atoms with Crippen LogP contribution in [0.15, 0.2) is 11.8 Å². The fourth-order valence-electron chi connectivity index (χ4n) is 1.00. The summed E-state index contributed by atoms with van der Waals surface area (Å²) in [6.45, 7) is 0.773. The van der Waals surface area contributed by atoms with Crippen LogP contribution in [0.1, 0.15) is 6.42 Å². The van der Waals surface area contributed by atoms with Crippen molar-refractivity contribution in [3.8, 4) is 0 Å². The van der Waals surface area contributed by atoms with Crippen LogP contribution in [0.2, 0.25) is 0 Å². The van der Waals surface area contributed by atoms with E-state index < -0.39 is 9.84 Å². The van der Waals surface area contributed by atoms with Crippen molar-refractivity contribution in [2.75, 3.05) is 25.1 Å². The van der Waals surface area contributed by atoms with Gasteiger partial charge in [0.15, 0.2) is 0 Å². The van der Waals surface area contributed by atoms with E-state index in [-0.39, 0.29) is 11.7 Å². The van der Waals surface area contributed by atoms with E-state index in [2.05, 4.69) is 5.32 Å². The van der Waals surface area contributed by atoms with Crippen LogP contribution in [-0.2, 0) is 19.4 Å². The summed E-state index contributed by atoms with van der Waals surface area (Å²) in [6.07, 6.45) is 3.18. The molecule has 0 saturated carbocycles. The van der Waals surface area contributed by atoms with Crippen LogP contribution in [0, 0.1) is 0 Å². The van der Waals surface area contributed by atoms with Gasteiger partial charge in [-0.3, -0.25) is 4.79 Å². The summed E-state index contributed by atoms with van der Waals surface area (Å²) in [7, 11) is -2.92. The molecule has 0 amide bonds. The lowest BCUT2D eigenvalue weighted by molar-refractivity contribution is -0.136. The van der Waals surface area contributed by atoms with Crippen LogP contribution >= 0.6 is 0 Å². The van der Waals surface area contributed by atoms with Crippen molar-refractivity contribution in [3.63, 3.8) is 0 Å². The zero-order valence-electron chi connectivity index (χ0n) is 7.95. The van der Waals surface area contributed by atoms with Gasteiger partial charge in [0.2, 0.25) is 0 Å². The molecule has 0 aromatic heterocycles. The molecule has 1 rings (SSSR count). The second-order valence-corrected chi connectivity index (χ2v) is 5.42. The maximum Gasteiger partial charge on any atom is 0.314 e. The summed E-state index contributed by atoms with van der Waals surface area (Å²) in [5.41, 5.74) is 0. The second kappa shape index (κ2) is 4.56. The molecule has 1 aliphatic heterocycles. The van der Waals surface area contributed by atoms with E-state index in [1.807, 2.05) is 0 Å². The van der Waals surface area contributed by atoms with E-state index in [9.17, 15) is 13.2 Å². The molecule has 0 aromatic carbocycles. The van der Waals surface area contributed by atoms with Gasteiger partial charge in [-0.2, -0.15) is 0 Å². The van der Waals surface area contributed by atoms with Gasteiger partial charge in [-0.05, 0) is 6.08 Å². The van der Waals surface area contributed by atoms with Crippen LogP contribution < -0.4 is 5.32 Å².